The van der Waals surface area contributed by atoms with Crippen molar-refractivity contribution in [2.45, 2.75) is 29.1 Å². The Bertz CT molecular complexity index is 464. The molecule has 2 aromatic heterocycles. The standard InChI is InChI=1S/C10H12N4S2/c1-6(11)9-4-3-8(5-12-9)15-10-13-7(2)14-16-10/h3-6H,11H2,1-2H3/t6-/m0/s1. The van der Waals surface area contributed by atoms with E-state index < -0.39 is 0 Å². The van der Waals surface area contributed by atoms with E-state index in [9.17, 15) is 0 Å². The molecule has 2 N–H and O–H groups in total. The van der Waals surface area contributed by atoms with Crippen molar-refractivity contribution in [2.24, 2.45) is 5.73 Å². The van der Waals surface area contributed by atoms with E-state index in [0.717, 1.165) is 20.8 Å². The topological polar surface area (TPSA) is 64.7 Å². The summed E-state index contributed by atoms with van der Waals surface area (Å²) in [5.74, 6) is 0.813. The Morgan fingerprint density at radius 1 is 1.44 bits per heavy atom. The predicted molar refractivity (Wildman–Crippen MR) is 65.6 cm³/mol. The highest BCUT2D eigenvalue weighted by atomic mass is 32.2. The van der Waals surface area contributed by atoms with Crippen LogP contribution in [0.4, 0.5) is 0 Å². The van der Waals surface area contributed by atoms with Crippen molar-refractivity contribution >= 4 is 23.3 Å². The average molecular weight is 252 g/mol. The minimum absolute atomic E-state index is 0.0252. The maximum atomic E-state index is 5.73. The second-order valence-electron chi connectivity index (χ2n) is 3.42. The zero-order chi connectivity index (χ0) is 11.5. The largest absolute Gasteiger partial charge is 0.323 e. The van der Waals surface area contributed by atoms with E-state index in [1.807, 2.05) is 32.2 Å². The lowest BCUT2D eigenvalue weighted by molar-refractivity contribution is 0.777. The molecule has 0 aliphatic heterocycles. The Morgan fingerprint density at radius 3 is 2.75 bits per heavy atom. The molecule has 0 saturated heterocycles. The molecular formula is C10H12N4S2. The zero-order valence-corrected chi connectivity index (χ0v) is 10.7. The number of hydrogen-bond donors (Lipinski definition) is 1. The molecule has 0 unspecified atom stereocenters. The zero-order valence-electron chi connectivity index (χ0n) is 9.04. The molecule has 0 aliphatic rings. The summed E-state index contributed by atoms with van der Waals surface area (Å²) in [6.45, 7) is 3.81. The molecule has 0 aromatic carbocycles. The van der Waals surface area contributed by atoms with Crippen LogP contribution in [-0.2, 0) is 0 Å². The van der Waals surface area contributed by atoms with Crippen molar-refractivity contribution in [1.82, 2.24) is 14.3 Å². The molecule has 0 amide bonds. The Balaban J connectivity index is 2.11. The number of aromatic nitrogens is 3. The van der Waals surface area contributed by atoms with Gasteiger partial charge in [0.25, 0.3) is 0 Å². The third-order valence-electron chi connectivity index (χ3n) is 1.94. The van der Waals surface area contributed by atoms with E-state index in [1.165, 1.54) is 11.5 Å². The highest BCUT2D eigenvalue weighted by molar-refractivity contribution is 8.01. The van der Waals surface area contributed by atoms with Gasteiger partial charge >= 0.3 is 0 Å². The van der Waals surface area contributed by atoms with Gasteiger partial charge in [-0.2, -0.15) is 4.37 Å². The minimum Gasteiger partial charge on any atom is -0.323 e. The summed E-state index contributed by atoms with van der Waals surface area (Å²) >= 11 is 2.97. The average Bonchev–Trinajstić information content (AvgIpc) is 2.65. The lowest BCUT2D eigenvalue weighted by Crippen LogP contribution is -2.06. The third-order valence-corrected chi connectivity index (χ3v) is 3.76. The Labute approximate surface area is 102 Å². The first kappa shape index (κ1) is 11.5. The summed E-state index contributed by atoms with van der Waals surface area (Å²) in [5.41, 5.74) is 6.63. The van der Waals surface area contributed by atoms with Gasteiger partial charge in [0.1, 0.15) is 5.82 Å². The van der Waals surface area contributed by atoms with Crippen LogP contribution in [0.5, 0.6) is 0 Å². The van der Waals surface area contributed by atoms with E-state index in [1.54, 1.807) is 11.8 Å². The lowest BCUT2D eigenvalue weighted by Gasteiger charge is -2.04. The van der Waals surface area contributed by atoms with Crippen LogP contribution < -0.4 is 5.73 Å². The molecule has 0 radical (unpaired) electrons. The fourth-order valence-electron chi connectivity index (χ4n) is 1.14. The van der Waals surface area contributed by atoms with E-state index in [0.29, 0.717) is 0 Å². The molecule has 0 bridgehead atoms. The highest BCUT2D eigenvalue weighted by Crippen LogP contribution is 2.28. The summed E-state index contributed by atoms with van der Waals surface area (Å²) in [4.78, 5) is 9.63. The van der Waals surface area contributed by atoms with Gasteiger partial charge in [-0.1, -0.05) is 11.8 Å². The maximum Gasteiger partial charge on any atom is 0.174 e. The van der Waals surface area contributed by atoms with Crippen molar-refractivity contribution in [2.75, 3.05) is 0 Å². The number of nitrogens with zero attached hydrogens (tertiary/aromatic N) is 3. The maximum absolute atomic E-state index is 5.73. The van der Waals surface area contributed by atoms with Crippen molar-refractivity contribution in [1.29, 1.82) is 0 Å². The third kappa shape index (κ3) is 2.78. The van der Waals surface area contributed by atoms with E-state index in [2.05, 4.69) is 14.3 Å². The molecule has 0 spiro atoms. The molecule has 0 aliphatic carbocycles. The lowest BCUT2D eigenvalue weighted by atomic mass is 10.2. The Kier molecular flexibility index (Phi) is 3.52. The number of hydrogen-bond acceptors (Lipinski definition) is 6. The van der Waals surface area contributed by atoms with Gasteiger partial charge in [-0.15, -0.1) is 0 Å². The van der Waals surface area contributed by atoms with E-state index >= 15 is 0 Å². The van der Waals surface area contributed by atoms with Gasteiger partial charge in [0.2, 0.25) is 0 Å². The van der Waals surface area contributed by atoms with Crippen LogP contribution in [0.3, 0.4) is 0 Å². The van der Waals surface area contributed by atoms with Crippen LogP contribution in [0.15, 0.2) is 27.6 Å². The summed E-state index contributed by atoms with van der Waals surface area (Å²) in [6, 6.07) is 3.93. The van der Waals surface area contributed by atoms with Crippen molar-refractivity contribution < 1.29 is 0 Å². The molecule has 1 atom stereocenters. The first-order valence-electron chi connectivity index (χ1n) is 4.85. The van der Waals surface area contributed by atoms with Crippen LogP contribution in [-0.4, -0.2) is 14.3 Å². The van der Waals surface area contributed by atoms with Crippen molar-refractivity contribution in [3.8, 4) is 0 Å². The molecule has 4 nitrogen and oxygen atoms in total. The first-order valence-corrected chi connectivity index (χ1v) is 6.44. The fraction of sp³-hybridized carbons (Fsp3) is 0.300. The van der Waals surface area contributed by atoms with Crippen molar-refractivity contribution in [3.63, 3.8) is 0 Å². The normalized spacial score (nSPS) is 12.7. The molecule has 2 rings (SSSR count). The number of rotatable bonds is 3. The number of aryl methyl sites for hydroxylation is 1. The van der Waals surface area contributed by atoms with Gasteiger partial charge < -0.3 is 5.73 Å². The number of nitrogens with two attached hydrogens (primary N) is 1. The second-order valence-corrected chi connectivity index (χ2v) is 5.49. The van der Waals surface area contributed by atoms with Crippen LogP contribution in [0.1, 0.15) is 24.5 Å². The molecule has 2 aromatic rings. The second kappa shape index (κ2) is 4.90. The molecular weight excluding hydrogens is 240 g/mol. The van der Waals surface area contributed by atoms with E-state index in [4.69, 9.17) is 5.73 Å². The summed E-state index contributed by atoms with van der Waals surface area (Å²) in [5, 5.41) is 0. The van der Waals surface area contributed by atoms with Gasteiger partial charge in [-0.25, -0.2) is 4.98 Å². The predicted octanol–water partition coefficient (Wildman–Crippen LogP) is 2.41. The number of pyridine rings is 1. The van der Waals surface area contributed by atoms with Crippen LogP contribution >= 0.6 is 23.3 Å². The Hall–Kier alpha value is -0.980. The monoisotopic (exact) mass is 252 g/mol. The van der Waals surface area contributed by atoms with Gasteiger partial charge in [-0.3, -0.25) is 4.98 Å². The van der Waals surface area contributed by atoms with Crippen LogP contribution in [0, 0.1) is 6.92 Å². The van der Waals surface area contributed by atoms with E-state index in [-0.39, 0.29) is 6.04 Å². The fourth-order valence-corrected chi connectivity index (χ4v) is 2.74. The van der Waals surface area contributed by atoms with Gasteiger partial charge in [0.15, 0.2) is 4.34 Å². The minimum atomic E-state index is -0.0252. The molecule has 2 heterocycles. The first-order chi connectivity index (χ1) is 7.65. The van der Waals surface area contributed by atoms with Gasteiger partial charge in [0, 0.05) is 17.1 Å². The smallest absolute Gasteiger partial charge is 0.174 e. The molecule has 16 heavy (non-hydrogen) atoms. The quantitative estimate of drug-likeness (QED) is 0.908. The van der Waals surface area contributed by atoms with Crippen LogP contribution in [0.25, 0.3) is 0 Å². The van der Waals surface area contributed by atoms with Crippen LogP contribution in [0.2, 0.25) is 0 Å². The van der Waals surface area contributed by atoms with Gasteiger partial charge in [-0.05, 0) is 37.5 Å². The summed E-state index contributed by atoms with van der Waals surface area (Å²) in [6.07, 6.45) is 1.82. The van der Waals surface area contributed by atoms with Crippen molar-refractivity contribution in [3.05, 3.63) is 29.8 Å². The SMILES string of the molecule is Cc1nsc(Sc2ccc([C@H](C)N)nc2)n1. The molecule has 0 saturated carbocycles. The summed E-state index contributed by atoms with van der Waals surface area (Å²) in [7, 11) is 0. The molecule has 84 valence electrons. The summed E-state index contributed by atoms with van der Waals surface area (Å²) < 4.78 is 5.07. The highest BCUT2D eigenvalue weighted by Gasteiger charge is 2.05. The molecule has 6 heteroatoms. The Morgan fingerprint density at radius 2 is 2.25 bits per heavy atom. The molecule has 0 fully saturated rings. The van der Waals surface area contributed by atoms with Gasteiger partial charge in [0.05, 0.1) is 5.69 Å².